The van der Waals surface area contributed by atoms with Crippen molar-refractivity contribution in [1.29, 1.82) is 0 Å². The van der Waals surface area contributed by atoms with E-state index in [0.717, 1.165) is 17.7 Å². The minimum atomic E-state index is -0.443. The highest BCUT2D eigenvalue weighted by Crippen LogP contribution is 2.34. The van der Waals surface area contributed by atoms with E-state index in [4.69, 9.17) is 11.6 Å². The van der Waals surface area contributed by atoms with Crippen LogP contribution in [0.3, 0.4) is 0 Å². The Morgan fingerprint density at radius 1 is 1.30 bits per heavy atom. The van der Waals surface area contributed by atoms with Crippen molar-refractivity contribution in [2.24, 2.45) is 0 Å². The Morgan fingerprint density at radius 3 is 2.80 bits per heavy atom. The van der Waals surface area contributed by atoms with Gasteiger partial charge in [0.15, 0.2) is 0 Å². The van der Waals surface area contributed by atoms with Gasteiger partial charge in [0.05, 0.1) is 10.6 Å². The van der Waals surface area contributed by atoms with Crippen molar-refractivity contribution in [3.63, 3.8) is 0 Å². The molecule has 0 saturated heterocycles. The van der Waals surface area contributed by atoms with Gasteiger partial charge in [-0.05, 0) is 43.2 Å². The maximum Gasteiger partial charge on any atom is 0.260 e. The van der Waals surface area contributed by atoms with E-state index in [1.165, 1.54) is 18.2 Å². The molecule has 102 valence electrons. The number of benzene rings is 2. The Kier molecular flexibility index (Phi) is 3.22. The number of fused-ring (bicyclic) bond motifs is 1. The Balaban J connectivity index is 2.03. The third-order valence-corrected chi connectivity index (χ3v) is 3.90. The van der Waals surface area contributed by atoms with E-state index in [1.807, 2.05) is 31.2 Å². The van der Waals surface area contributed by atoms with Crippen LogP contribution in [0, 0.1) is 5.82 Å². The molecule has 0 radical (unpaired) electrons. The van der Waals surface area contributed by atoms with E-state index in [2.05, 4.69) is 0 Å². The quantitative estimate of drug-likeness (QED) is 0.775. The number of nitrogens with zero attached hydrogens (tertiary/aromatic N) is 1. The summed E-state index contributed by atoms with van der Waals surface area (Å²) in [6, 6.07) is 11.7. The van der Waals surface area contributed by atoms with Gasteiger partial charge >= 0.3 is 0 Å². The van der Waals surface area contributed by atoms with Gasteiger partial charge in [-0.2, -0.15) is 0 Å². The van der Waals surface area contributed by atoms with E-state index < -0.39 is 5.82 Å². The molecule has 1 aliphatic heterocycles. The van der Waals surface area contributed by atoms with Gasteiger partial charge in [-0.25, -0.2) is 4.39 Å². The van der Waals surface area contributed by atoms with Gasteiger partial charge in [-0.3, -0.25) is 4.79 Å². The molecule has 1 heterocycles. The average Bonchev–Trinajstić information content (AvgIpc) is 2.73. The van der Waals surface area contributed by atoms with Crippen molar-refractivity contribution in [2.45, 2.75) is 19.4 Å². The second kappa shape index (κ2) is 4.91. The van der Waals surface area contributed by atoms with Gasteiger partial charge in [-0.15, -0.1) is 0 Å². The highest BCUT2D eigenvalue weighted by Gasteiger charge is 2.32. The summed E-state index contributed by atoms with van der Waals surface area (Å²) in [4.78, 5) is 14.4. The molecule has 0 bridgehead atoms. The lowest BCUT2D eigenvalue weighted by Crippen LogP contribution is -2.35. The third kappa shape index (κ3) is 2.08. The van der Waals surface area contributed by atoms with E-state index in [1.54, 1.807) is 4.90 Å². The fraction of sp³-hybridized carbons (Fsp3) is 0.188. The molecule has 0 fully saturated rings. The van der Waals surface area contributed by atoms with E-state index in [9.17, 15) is 9.18 Å². The van der Waals surface area contributed by atoms with Gasteiger partial charge in [0, 0.05) is 11.7 Å². The van der Waals surface area contributed by atoms with Crippen molar-refractivity contribution in [2.75, 3.05) is 4.90 Å². The molecular formula is C16H13ClFNO. The predicted molar refractivity (Wildman–Crippen MR) is 77.8 cm³/mol. The third-order valence-electron chi connectivity index (χ3n) is 3.59. The number of hydrogen-bond acceptors (Lipinski definition) is 1. The summed E-state index contributed by atoms with van der Waals surface area (Å²) in [5.74, 6) is -0.631. The Morgan fingerprint density at radius 2 is 2.05 bits per heavy atom. The molecule has 2 aromatic carbocycles. The van der Waals surface area contributed by atoms with E-state index in [0.29, 0.717) is 5.56 Å². The van der Waals surface area contributed by atoms with Crippen LogP contribution in [0.25, 0.3) is 0 Å². The second-order valence-corrected chi connectivity index (χ2v) is 5.39. The molecule has 0 saturated carbocycles. The van der Waals surface area contributed by atoms with Crippen molar-refractivity contribution in [3.8, 4) is 0 Å². The summed E-state index contributed by atoms with van der Waals surface area (Å²) in [5, 5.41) is 0.145. The smallest absolute Gasteiger partial charge is 0.260 e. The van der Waals surface area contributed by atoms with Crippen LogP contribution < -0.4 is 4.90 Å². The zero-order chi connectivity index (χ0) is 14.3. The molecule has 1 aliphatic rings. The van der Waals surface area contributed by atoms with Gasteiger partial charge in [0.25, 0.3) is 5.91 Å². The first kappa shape index (κ1) is 13.1. The molecule has 0 N–H and O–H groups in total. The molecular weight excluding hydrogens is 277 g/mol. The lowest BCUT2D eigenvalue weighted by atomic mass is 10.1. The summed E-state index contributed by atoms with van der Waals surface area (Å²) >= 11 is 5.99. The highest BCUT2D eigenvalue weighted by atomic mass is 35.5. The number of para-hydroxylation sites is 1. The first-order valence-electron chi connectivity index (χ1n) is 6.44. The molecule has 3 rings (SSSR count). The minimum absolute atomic E-state index is 0.0704. The molecule has 4 heteroatoms. The Labute approximate surface area is 121 Å². The number of hydrogen-bond donors (Lipinski definition) is 0. The van der Waals surface area contributed by atoms with Gasteiger partial charge in [0.2, 0.25) is 0 Å². The lowest BCUT2D eigenvalue weighted by Gasteiger charge is -2.23. The number of anilines is 1. The Bertz CT molecular complexity index is 686. The van der Waals surface area contributed by atoms with Gasteiger partial charge in [0.1, 0.15) is 5.82 Å². The maximum absolute atomic E-state index is 13.1. The summed E-state index contributed by atoms with van der Waals surface area (Å²) in [5.41, 5.74) is 2.38. The van der Waals surface area contributed by atoms with Crippen LogP contribution in [0.2, 0.25) is 5.02 Å². The molecule has 1 amide bonds. The van der Waals surface area contributed by atoms with Crippen LogP contribution in [-0.4, -0.2) is 11.9 Å². The largest absolute Gasteiger partial charge is 0.305 e. The molecule has 0 spiro atoms. The van der Waals surface area contributed by atoms with Crippen LogP contribution >= 0.6 is 11.6 Å². The van der Waals surface area contributed by atoms with Crippen LogP contribution in [0.1, 0.15) is 22.8 Å². The first-order valence-corrected chi connectivity index (χ1v) is 6.82. The number of halogens is 2. The Hall–Kier alpha value is -1.87. The number of amides is 1. The molecule has 1 atom stereocenters. The normalized spacial score (nSPS) is 17.1. The SMILES string of the molecule is CC1Cc2ccccc2N1C(=O)c1ccc(F)cc1Cl. The predicted octanol–water partition coefficient (Wildman–Crippen LogP) is 4.07. The molecule has 2 aromatic rings. The summed E-state index contributed by atoms with van der Waals surface area (Å²) in [6.07, 6.45) is 0.820. The van der Waals surface area contributed by atoms with Crippen molar-refractivity contribution in [3.05, 3.63) is 64.4 Å². The van der Waals surface area contributed by atoms with E-state index >= 15 is 0 Å². The van der Waals surface area contributed by atoms with Crippen LogP contribution in [-0.2, 0) is 6.42 Å². The summed E-state index contributed by atoms with van der Waals surface area (Å²) < 4.78 is 13.1. The molecule has 0 aromatic heterocycles. The van der Waals surface area contributed by atoms with Gasteiger partial charge in [-0.1, -0.05) is 29.8 Å². The zero-order valence-corrected chi connectivity index (χ0v) is 11.7. The lowest BCUT2D eigenvalue weighted by molar-refractivity contribution is 0.0981. The molecule has 1 unspecified atom stereocenters. The second-order valence-electron chi connectivity index (χ2n) is 4.98. The first-order chi connectivity index (χ1) is 9.58. The van der Waals surface area contributed by atoms with Crippen LogP contribution in [0.5, 0.6) is 0 Å². The molecule has 2 nitrogen and oxygen atoms in total. The molecule has 20 heavy (non-hydrogen) atoms. The number of carbonyl (C=O) groups is 1. The van der Waals surface area contributed by atoms with Crippen molar-refractivity contribution < 1.29 is 9.18 Å². The standard InChI is InChI=1S/C16H13ClFNO/c1-10-8-11-4-2-3-5-15(11)19(10)16(20)13-7-6-12(18)9-14(13)17/h2-7,9-10H,8H2,1H3. The van der Waals surface area contributed by atoms with Crippen molar-refractivity contribution in [1.82, 2.24) is 0 Å². The summed E-state index contributed by atoms with van der Waals surface area (Å²) in [6.45, 7) is 2.00. The zero-order valence-electron chi connectivity index (χ0n) is 10.9. The minimum Gasteiger partial charge on any atom is -0.305 e. The van der Waals surface area contributed by atoms with Crippen LogP contribution in [0.15, 0.2) is 42.5 Å². The highest BCUT2D eigenvalue weighted by molar-refractivity contribution is 6.34. The van der Waals surface area contributed by atoms with Crippen LogP contribution in [0.4, 0.5) is 10.1 Å². The topological polar surface area (TPSA) is 20.3 Å². The molecule has 0 aliphatic carbocycles. The monoisotopic (exact) mass is 289 g/mol. The summed E-state index contributed by atoms with van der Waals surface area (Å²) in [7, 11) is 0. The maximum atomic E-state index is 13.1. The fourth-order valence-electron chi connectivity index (χ4n) is 2.67. The fourth-order valence-corrected chi connectivity index (χ4v) is 2.92. The van der Waals surface area contributed by atoms with Crippen molar-refractivity contribution >= 4 is 23.2 Å². The van der Waals surface area contributed by atoms with Gasteiger partial charge < -0.3 is 4.90 Å². The number of carbonyl (C=O) groups excluding carboxylic acids is 1. The number of rotatable bonds is 1. The average molecular weight is 290 g/mol. The van der Waals surface area contributed by atoms with E-state index in [-0.39, 0.29) is 17.0 Å².